The number of hydrogen-bond acceptors (Lipinski definition) is 5. The summed E-state index contributed by atoms with van der Waals surface area (Å²) in [6.07, 6.45) is 0.870. The van der Waals surface area contributed by atoms with E-state index in [-0.39, 0.29) is 16.3 Å². The summed E-state index contributed by atoms with van der Waals surface area (Å²) in [6.45, 7) is -0.664. The Morgan fingerprint density at radius 1 is 0.833 bits per heavy atom. The molecule has 0 saturated carbocycles. The first-order valence-corrected chi connectivity index (χ1v) is 14.0. The minimum absolute atomic E-state index is 0.0300. The molecule has 8 nitrogen and oxygen atoms in total. The van der Waals surface area contributed by atoms with E-state index in [1.807, 2.05) is 30.3 Å². The molecule has 186 valence electrons. The molecule has 11 heteroatoms. The molecule has 0 aliphatic carbocycles. The Morgan fingerprint density at radius 2 is 1.47 bits per heavy atom. The summed E-state index contributed by atoms with van der Waals surface area (Å²) in [7, 11) is -7.88. The van der Waals surface area contributed by atoms with E-state index in [4.69, 9.17) is 0 Å². The van der Waals surface area contributed by atoms with E-state index in [1.165, 1.54) is 42.5 Å². The van der Waals surface area contributed by atoms with Crippen LogP contribution in [-0.2, 0) is 24.8 Å². The Labute approximate surface area is 208 Å². The topological polar surface area (TPSA) is 113 Å². The number of halogens is 1. The van der Waals surface area contributed by atoms with Crippen molar-refractivity contribution >= 4 is 53.8 Å². The van der Waals surface area contributed by atoms with Gasteiger partial charge in [0.1, 0.15) is 12.4 Å². The van der Waals surface area contributed by atoms with Gasteiger partial charge in [0.2, 0.25) is 15.9 Å². The van der Waals surface area contributed by atoms with Crippen molar-refractivity contribution in [2.75, 3.05) is 27.1 Å². The molecular weight excluding hydrogens is 505 g/mol. The predicted molar refractivity (Wildman–Crippen MR) is 138 cm³/mol. The van der Waals surface area contributed by atoms with E-state index in [9.17, 15) is 26.0 Å². The van der Waals surface area contributed by atoms with Gasteiger partial charge in [-0.15, -0.1) is 0 Å². The van der Waals surface area contributed by atoms with Crippen LogP contribution in [0.2, 0.25) is 0 Å². The Bertz CT molecular complexity index is 1630. The zero-order valence-electron chi connectivity index (χ0n) is 19.1. The van der Waals surface area contributed by atoms with Crippen LogP contribution in [0.1, 0.15) is 0 Å². The quantitative estimate of drug-likeness (QED) is 0.357. The molecule has 4 aromatic carbocycles. The zero-order valence-corrected chi connectivity index (χ0v) is 20.7. The molecule has 0 bridgehead atoms. The second kappa shape index (κ2) is 9.96. The molecule has 0 heterocycles. The molecule has 0 aromatic heterocycles. The lowest BCUT2D eigenvalue weighted by Crippen LogP contribution is -2.38. The fourth-order valence-electron chi connectivity index (χ4n) is 3.60. The normalized spacial score (nSPS) is 11.7. The third kappa shape index (κ3) is 5.64. The number of nitrogens with zero attached hydrogens (tertiary/aromatic N) is 1. The molecule has 1 amide bonds. The van der Waals surface area contributed by atoms with Gasteiger partial charge in [0.05, 0.1) is 22.5 Å². The largest absolute Gasteiger partial charge is 0.325 e. The fourth-order valence-corrected chi connectivity index (χ4v) is 5.54. The van der Waals surface area contributed by atoms with Crippen LogP contribution in [0.15, 0.2) is 95.9 Å². The summed E-state index contributed by atoms with van der Waals surface area (Å²) >= 11 is 0. The van der Waals surface area contributed by atoms with Gasteiger partial charge in [-0.3, -0.25) is 13.8 Å². The van der Waals surface area contributed by atoms with Crippen molar-refractivity contribution in [3.8, 4) is 0 Å². The van der Waals surface area contributed by atoms with Crippen LogP contribution in [0, 0.1) is 5.82 Å². The molecule has 0 spiro atoms. The highest BCUT2D eigenvalue weighted by molar-refractivity contribution is 7.92. The van der Waals surface area contributed by atoms with Crippen molar-refractivity contribution in [3.63, 3.8) is 0 Å². The molecule has 4 rings (SSSR count). The van der Waals surface area contributed by atoms with Crippen LogP contribution in [0.3, 0.4) is 0 Å². The number of para-hydroxylation sites is 1. The van der Waals surface area contributed by atoms with E-state index < -0.39 is 38.3 Å². The van der Waals surface area contributed by atoms with Gasteiger partial charge in [0, 0.05) is 11.1 Å². The monoisotopic (exact) mass is 527 g/mol. The third-order valence-corrected chi connectivity index (χ3v) is 7.80. The van der Waals surface area contributed by atoms with Gasteiger partial charge < -0.3 is 5.32 Å². The maximum Gasteiger partial charge on any atom is 0.261 e. The van der Waals surface area contributed by atoms with Crippen molar-refractivity contribution in [3.05, 3.63) is 96.8 Å². The van der Waals surface area contributed by atoms with Gasteiger partial charge in [0.25, 0.3) is 10.0 Å². The molecule has 0 radical (unpaired) electrons. The summed E-state index contributed by atoms with van der Waals surface area (Å²) in [4.78, 5) is 12.5. The highest BCUT2D eigenvalue weighted by Crippen LogP contribution is 2.26. The number of benzene rings is 4. The summed E-state index contributed by atoms with van der Waals surface area (Å²) in [5, 5.41) is 4.14. The van der Waals surface area contributed by atoms with E-state index >= 15 is 0 Å². The van der Waals surface area contributed by atoms with E-state index in [2.05, 4.69) is 10.0 Å². The van der Waals surface area contributed by atoms with Crippen LogP contribution in [0.5, 0.6) is 0 Å². The van der Waals surface area contributed by atoms with Gasteiger partial charge >= 0.3 is 0 Å². The van der Waals surface area contributed by atoms with Gasteiger partial charge in [-0.05, 0) is 47.9 Å². The summed E-state index contributed by atoms with van der Waals surface area (Å²) < 4.78 is 67.5. The van der Waals surface area contributed by atoms with Crippen molar-refractivity contribution in [2.45, 2.75) is 4.90 Å². The second-order valence-corrected chi connectivity index (χ2v) is 11.5. The lowest BCUT2D eigenvalue weighted by molar-refractivity contribution is -0.114. The minimum atomic E-state index is -3.95. The molecular formula is C25H22FN3O5S2. The average molecular weight is 528 g/mol. The Kier molecular flexibility index (Phi) is 6.95. The molecule has 2 N–H and O–H groups in total. The van der Waals surface area contributed by atoms with E-state index in [1.54, 1.807) is 12.1 Å². The molecule has 4 aromatic rings. The Morgan fingerprint density at radius 3 is 2.17 bits per heavy atom. The molecule has 0 fully saturated rings. The summed E-state index contributed by atoms with van der Waals surface area (Å²) in [5.41, 5.74) is 0.418. The first-order chi connectivity index (χ1) is 17.0. The van der Waals surface area contributed by atoms with Crippen molar-refractivity contribution in [2.24, 2.45) is 0 Å². The minimum Gasteiger partial charge on any atom is -0.325 e. The number of rotatable bonds is 8. The lowest BCUT2D eigenvalue weighted by atomic mass is 10.1. The molecule has 36 heavy (non-hydrogen) atoms. The van der Waals surface area contributed by atoms with E-state index in [0.29, 0.717) is 9.99 Å². The summed E-state index contributed by atoms with van der Waals surface area (Å²) in [6, 6.07) is 23.3. The average Bonchev–Trinajstić information content (AvgIpc) is 2.83. The number of amides is 1. The maximum atomic E-state index is 14.1. The molecule has 0 saturated heterocycles. The van der Waals surface area contributed by atoms with E-state index in [0.717, 1.165) is 23.1 Å². The third-order valence-electron chi connectivity index (χ3n) is 5.29. The standard InChI is InChI=1S/C25H22FN3O5S2/c1-35(31,32)29(24-12-5-4-10-22(24)26)17-25(30)27-19-13-15-20(16-14-19)36(33,34)28-23-11-6-8-18-7-2-3-9-21(18)23/h2-16,28H,17H2,1H3,(H,27,30). The fraction of sp³-hybridized carbons (Fsp3) is 0.0800. The highest BCUT2D eigenvalue weighted by Gasteiger charge is 2.23. The molecule has 0 aliphatic heterocycles. The van der Waals surface area contributed by atoms with Crippen LogP contribution >= 0.6 is 0 Å². The highest BCUT2D eigenvalue weighted by atomic mass is 32.2. The predicted octanol–water partition coefficient (Wildman–Crippen LogP) is 4.18. The Balaban J connectivity index is 1.49. The molecule has 0 atom stereocenters. The Hall–Kier alpha value is -3.96. The van der Waals surface area contributed by atoms with Gasteiger partial charge in [0.15, 0.2) is 0 Å². The van der Waals surface area contributed by atoms with Crippen LogP contribution in [0.25, 0.3) is 10.8 Å². The number of fused-ring (bicyclic) bond motifs is 1. The van der Waals surface area contributed by atoms with Crippen molar-refractivity contribution in [1.29, 1.82) is 0 Å². The molecule has 0 aliphatic rings. The zero-order chi connectivity index (χ0) is 25.9. The van der Waals surface area contributed by atoms with Gasteiger partial charge in [-0.1, -0.05) is 48.5 Å². The van der Waals surface area contributed by atoms with Gasteiger partial charge in [-0.25, -0.2) is 21.2 Å². The van der Waals surface area contributed by atoms with Crippen molar-refractivity contribution in [1.82, 2.24) is 0 Å². The number of hydrogen-bond donors (Lipinski definition) is 2. The number of sulfonamides is 2. The van der Waals surface area contributed by atoms with Crippen molar-refractivity contribution < 1.29 is 26.0 Å². The van der Waals surface area contributed by atoms with Crippen LogP contribution in [-0.4, -0.2) is 35.5 Å². The van der Waals surface area contributed by atoms with Gasteiger partial charge in [-0.2, -0.15) is 0 Å². The van der Waals surface area contributed by atoms with Crippen LogP contribution < -0.4 is 14.3 Å². The number of carbonyl (C=O) groups is 1. The lowest BCUT2D eigenvalue weighted by Gasteiger charge is -2.22. The van der Waals surface area contributed by atoms with Crippen LogP contribution in [0.4, 0.5) is 21.5 Å². The SMILES string of the molecule is CS(=O)(=O)N(CC(=O)Nc1ccc(S(=O)(=O)Nc2cccc3ccccc23)cc1)c1ccccc1F. The number of carbonyl (C=O) groups excluding carboxylic acids is 1. The number of nitrogens with one attached hydrogen (secondary N) is 2. The molecule has 0 unspecified atom stereocenters. The number of anilines is 3. The first kappa shape index (κ1) is 25.1. The summed E-state index contributed by atoms with van der Waals surface area (Å²) in [5.74, 6) is -1.52. The second-order valence-electron chi connectivity index (χ2n) is 7.93. The first-order valence-electron chi connectivity index (χ1n) is 10.7. The maximum absolute atomic E-state index is 14.1. The smallest absolute Gasteiger partial charge is 0.261 e.